The van der Waals surface area contributed by atoms with Crippen molar-refractivity contribution in [3.8, 4) is 0 Å². The van der Waals surface area contributed by atoms with E-state index in [2.05, 4.69) is 22.2 Å². The molecule has 140 valence electrons. The lowest BCUT2D eigenvalue weighted by molar-refractivity contribution is 0.0953. The number of benzene rings is 2. The van der Waals surface area contributed by atoms with Crippen molar-refractivity contribution in [2.75, 3.05) is 13.1 Å². The van der Waals surface area contributed by atoms with Gasteiger partial charge in [0.25, 0.3) is 5.91 Å². The summed E-state index contributed by atoms with van der Waals surface area (Å²) in [5.74, 6) is -0.0557. The van der Waals surface area contributed by atoms with Crippen molar-refractivity contribution in [3.63, 3.8) is 0 Å². The summed E-state index contributed by atoms with van der Waals surface area (Å²) < 4.78 is 27.1. The Morgan fingerprint density at radius 1 is 1.04 bits per heavy atom. The Bertz CT molecular complexity index is 818. The van der Waals surface area contributed by atoms with Gasteiger partial charge in [0.05, 0.1) is 4.90 Å². The molecule has 0 aromatic heterocycles. The van der Waals surface area contributed by atoms with Gasteiger partial charge >= 0.3 is 0 Å². The lowest BCUT2D eigenvalue weighted by Crippen LogP contribution is -2.28. The standard InChI is InChI=1S/C20H26N2O3S/c1-16(2)15-22-26(24,25)19-12-6-11-18(14-19)20(23)21-13-7-10-17-8-4-3-5-9-17/h3-6,8-9,11-12,14,16,22H,7,10,13,15H2,1-2H3,(H,21,23). The van der Waals surface area contributed by atoms with E-state index in [1.807, 2.05) is 32.0 Å². The fourth-order valence-corrected chi connectivity index (χ4v) is 3.66. The first kappa shape index (κ1) is 20.1. The molecule has 2 N–H and O–H groups in total. The molecule has 2 aromatic carbocycles. The highest BCUT2D eigenvalue weighted by molar-refractivity contribution is 7.89. The third-order valence-electron chi connectivity index (χ3n) is 3.86. The zero-order chi connectivity index (χ0) is 19.0. The lowest BCUT2D eigenvalue weighted by atomic mass is 10.1. The van der Waals surface area contributed by atoms with Gasteiger partial charge in [0.15, 0.2) is 0 Å². The number of carbonyl (C=O) groups excluding carboxylic acids is 1. The number of carbonyl (C=O) groups is 1. The molecule has 0 spiro atoms. The van der Waals surface area contributed by atoms with Crippen molar-refractivity contribution in [1.29, 1.82) is 0 Å². The maximum Gasteiger partial charge on any atom is 0.251 e. The minimum absolute atomic E-state index is 0.107. The molecule has 0 aliphatic heterocycles. The van der Waals surface area contributed by atoms with E-state index in [4.69, 9.17) is 0 Å². The van der Waals surface area contributed by atoms with Crippen molar-refractivity contribution in [1.82, 2.24) is 10.0 Å². The molecule has 5 nitrogen and oxygen atoms in total. The van der Waals surface area contributed by atoms with Crippen LogP contribution in [0.5, 0.6) is 0 Å². The van der Waals surface area contributed by atoms with E-state index in [9.17, 15) is 13.2 Å². The zero-order valence-electron chi connectivity index (χ0n) is 15.2. The highest BCUT2D eigenvalue weighted by Gasteiger charge is 2.16. The van der Waals surface area contributed by atoms with Crippen LogP contribution in [0.1, 0.15) is 36.2 Å². The largest absolute Gasteiger partial charge is 0.352 e. The average molecular weight is 375 g/mol. The molecule has 1 amide bonds. The molecule has 2 aromatic rings. The molecular formula is C20H26N2O3S. The van der Waals surface area contributed by atoms with Crippen molar-refractivity contribution in [3.05, 3.63) is 65.7 Å². The van der Waals surface area contributed by atoms with Gasteiger partial charge < -0.3 is 5.32 Å². The van der Waals surface area contributed by atoms with Gasteiger partial charge in [-0.05, 0) is 42.5 Å². The van der Waals surface area contributed by atoms with Gasteiger partial charge in [0, 0.05) is 18.7 Å². The molecule has 0 aliphatic rings. The highest BCUT2D eigenvalue weighted by atomic mass is 32.2. The third-order valence-corrected chi connectivity index (χ3v) is 5.28. The van der Waals surface area contributed by atoms with Crippen LogP contribution in [0, 0.1) is 5.92 Å². The SMILES string of the molecule is CC(C)CNS(=O)(=O)c1cccc(C(=O)NCCCc2ccccc2)c1. The van der Waals surface area contributed by atoms with Gasteiger partial charge in [0.1, 0.15) is 0 Å². The van der Waals surface area contributed by atoms with Crippen molar-refractivity contribution in [2.45, 2.75) is 31.6 Å². The summed E-state index contributed by atoms with van der Waals surface area (Å²) in [6, 6.07) is 16.2. The summed E-state index contributed by atoms with van der Waals surface area (Å²) >= 11 is 0. The van der Waals surface area contributed by atoms with Crippen molar-refractivity contribution in [2.24, 2.45) is 5.92 Å². The monoisotopic (exact) mass is 374 g/mol. The van der Waals surface area contributed by atoms with Crippen molar-refractivity contribution >= 4 is 15.9 Å². The molecule has 0 saturated carbocycles. The summed E-state index contributed by atoms with van der Waals surface area (Å²) in [4.78, 5) is 12.4. The van der Waals surface area contributed by atoms with E-state index in [1.54, 1.807) is 12.1 Å². The maximum atomic E-state index is 12.3. The fraction of sp³-hybridized carbons (Fsp3) is 0.350. The van der Waals surface area contributed by atoms with Gasteiger partial charge in [-0.25, -0.2) is 13.1 Å². The van der Waals surface area contributed by atoms with E-state index >= 15 is 0 Å². The second-order valence-corrected chi connectivity index (χ2v) is 8.39. The molecule has 2 rings (SSSR count). The fourth-order valence-electron chi connectivity index (χ4n) is 2.41. The Morgan fingerprint density at radius 2 is 1.77 bits per heavy atom. The van der Waals surface area contributed by atoms with E-state index in [1.165, 1.54) is 17.7 Å². The Hall–Kier alpha value is -2.18. The number of aryl methyl sites for hydroxylation is 1. The van der Waals surface area contributed by atoms with Gasteiger partial charge in [-0.2, -0.15) is 0 Å². The van der Waals surface area contributed by atoms with Crippen LogP contribution < -0.4 is 10.0 Å². The zero-order valence-corrected chi connectivity index (χ0v) is 16.1. The number of nitrogens with one attached hydrogen (secondary N) is 2. The second-order valence-electron chi connectivity index (χ2n) is 6.62. The Kier molecular flexibility index (Phi) is 7.36. The summed E-state index contributed by atoms with van der Waals surface area (Å²) in [6.45, 7) is 4.76. The summed E-state index contributed by atoms with van der Waals surface area (Å²) in [5.41, 5.74) is 1.57. The number of hydrogen-bond acceptors (Lipinski definition) is 3. The van der Waals surface area contributed by atoms with Crippen molar-refractivity contribution < 1.29 is 13.2 Å². The topological polar surface area (TPSA) is 75.3 Å². The quantitative estimate of drug-likeness (QED) is 0.663. The predicted octanol–water partition coefficient (Wildman–Crippen LogP) is 2.98. The molecule has 0 fully saturated rings. The minimum atomic E-state index is -3.60. The van der Waals surface area contributed by atoms with Gasteiger partial charge in [0.2, 0.25) is 10.0 Å². The first-order chi connectivity index (χ1) is 12.4. The second kappa shape index (κ2) is 9.50. The number of amides is 1. The molecule has 0 unspecified atom stereocenters. The molecule has 0 bridgehead atoms. The number of sulfonamides is 1. The van der Waals surface area contributed by atoms with E-state index in [0.717, 1.165) is 12.8 Å². The summed E-state index contributed by atoms with van der Waals surface area (Å²) in [6.07, 6.45) is 1.71. The van der Waals surface area contributed by atoms with Crippen LogP contribution in [0.2, 0.25) is 0 Å². The van der Waals surface area contributed by atoms with Crippen LogP contribution in [0.4, 0.5) is 0 Å². The van der Waals surface area contributed by atoms with Gasteiger partial charge in [-0.3, -0.25) is 4.79 Å². The third kappa shape index (κ3) is 6.28. The molecular weight excluding hydrogens is 348 g/mol. The molecule has 26 heavy (non-hydrogen) atoms. The van der Waals surface area contributed by atoms with Crippen LogP contribution in [0.25, 0.3) is 0 Å². The molecule has 0 aliphatic carbocycles. The van der Waals surface area contributed by atoms with E-state index in [0.29, 0.717) is 18.7 Å². The van der Waals surface area contributed by atoms with Crippen LogP contribution >= 0.6 is 0 Å². The van der Waals surface area contributed by atoms with Crippen LogP contribution in [-0.4, -0.2) is 27.4 Å². The van der Waals surface area contributed by atoms with Crippen LogP contribution in [-0.2, 0) is 16.4 Å². The average Bonchev–Trinajstić information content (AvgIpc) is 2.64. The van der Waals surface area contributed by atoms with Gasteiger partial charge in [-0.15, -0.1) is 0 Å². The molecule has 0 radical (unpaired) electrons. The molecule has 6 heteroatoms. The lowest BCUT2D eigenvalue weighted by Gasteiger charge is -2.10. The van der Waals surface area contributed by atoms with E-state index in [-0.39, 0.29) is 16.7 Å². The Labute approximate surface area is 155 Å². The maximum absolute atomic E-state index is 12.3. The summed E-state index contributed by atoms with van der Waals surface area (Å²) in [5, 5.41) is 2.84. The number of rotatable bonds is 9. The molecule has 0 atom stereocenters. The Balaban J connectivity index is 1.91. The first-order valence-corrected chi connectivity index (χ1v) is 10.3. The van der Waals surface area contributed by atoms with E-state index < -0.39 is 10.0 Å². The summed E-state index contributed by atoms with van der Waals surface area (Å²) in [7, 11) is -3.60. The van der Waals surface area contributed by atoms with Crippen LogP contribution in [0.3, 0.4) is 0 Å². The highest BCUT2D eigenvalue weighted by Crippen LogP contribution is 2.12. The minimum Gasteiger partial charge on any atom is -0.352 e. The first-order valence-electron chi connectivity index (χ1n) is 8.80. The normalized spacial score (nSPS) is 11.5. The predicted molar refractivity (Wildman–Crippen MR) is 104 cm³/mol. The molecule has 0 saturated heterocycles. The van der Waals surface area contributed by atoms with Gasteiger partial charge in [-0.1, -0.05) is 50.2 Å². The molecule has 0 heterocycles. The smallest absolute Gasteiger partial charge is 0.251 e. The number of hydrogen-bond donors (Lipinski definition) is 2. The Morgan fingerprint density at radius 3 is 2.46 bits per heavy atom. The van der Waals surface area contributed by atoms with Crippen LogP contribution in [0.15, 0.2) is 59.5 Å².